The minimum absolute atomic E-state index is 0.174. The minimum atomic E-state index is -2.81. The molecule has 0 aliphatic carbocycles. The summed E-state index contributed by atoms with van der Waals surface area (Å²) in [7, 11) is -2.81. The third kappa shape index (κ3) is 3.81. The van der Waals surface area contributed by atoms with Gasteiger partial charge in [0.05, 0.1) is 19.3 Å². The van der Waals surface area contributed by atoms with Crippen LogP contribution in [0.5, 0.6) is 0 Å². The van der Waals surface area contributed by atoms with Crippen molar-refractivity contribution in [2.24, 2.45) is 0 Å². The summed E-state index contributed by atoms with van der Waals surface area (Å²) in [6.45, 7) is 6.21. The second-order valence-electron chi connectivity index (χ2n) is 8.36. The van der Waals surface area contributed by atoms with Crippen LogP contribution in [0.1, 0.15) is 20.8 Å². The van der Waals surface area contributed by atoms with E-state index in [1.54, 1.807) is 0 Å². The van der Waals surface area contributed by atoms with Gasteiger partial charge in [0.2, 0.25) is 0 Å². The van der Waals surface area contributed by atoms with Crippen molar-refractivity contribution in [2.45, 2.75) is 50.2 Å². The fourth-order valence-electron chi connectivity index (χ4n) is 4.08. The summed E-state index contributed by atoms with van der Waals surface area (Å²) in [5, 5.41) is 32.0. The van der Waals surface area contributed by atoms with Gasteiger partial charge < -0.3 is 24.5 Å². The highest BCUT2D eigenvalue weighted by atomic mass is 28.4. The van der Waals surface area contributed by atoms with E-state index in [1.807, 2.05) is 36.4 Å². The Kier molecular flexibility index (Phi) is 6.39. The molecule has 0 aromatic heterocycles. The quantitative estimate of drug-likeness (QED) is 0.630. The van der Waals surface area contributed by atoms with Crippen molar-refractivity contribution >= 4 is 18.7 Å². The van der Waals surface area contributed by atoms with E-state index in [2.05, 4.69) is 45.0 Å². The number of benzene rings is 2. The first-order valence-electron chi connectivity index (χ1n) is 9.68. The van der Waals surface area contributed by atoms with E-state index in [-0.39, 0.29) is 11.6 Å². The van der Waals surface area contributed by atoms with Crippen LogP contribution in [0.2, 0.25) is 5.04 Å². The molecule has 0 bridgehead atoms. The van der Waals surface area contributed by atoms with Gasteiger partial charge in [0, 0.05) is 0 Å². The zero-order valence-electron chi connectivity index (χ0n) is 16.7. The lowest BCUT2D eigenvalue weighted by Crippen LogP contribution is -2.68. The maximum absolute atomic E-state index is 10.8. The molecule has 4 atom stereocenters. The molecule has 3 N–H and O–H groups in total. The van der Waals surface area contributed by atoms with Crippen LogP contribution in [0, 0.1) is 0 Å². The van der Waals surface area contributed by atoms with Gasteiger partial charge in [-0.05, 0) is 15.4 Å². The van der Waals surface area contributed by atoms with Crippen LogP contribution < -0.4 is 10.4 Å². The Morgan fingerprint density at radius 1 is 1.04 bits per heavy atom. The van der Waals surface area contributed by atoms with E-state index in [0.717, 1.165) is 10.4 Å². The predicted octanol–water partition coefficient (Wildman–Crippen LogP) is 1.04. The Labute approximate surface area is 167 Å². The number of hydrogen-bond acceptors (Lipinski definition) is 5. The van der Waals surface area contributed by atoms with Crippen LogP contribution in [0.3, 0.4) is 0 Å². The Hall–Kier alpha value is -1.54. The molecule has 0 radical (unpaired) electrons. The molecule has 28 heavy (non-hydrogen) atoms. The smallest absolute Gasteiger partial charge is 0.261 e. The van der Waals surface area contributed by atoms with Gasteiger partial charge in [-0.1, -0.05) is 81.4 Å². The highest BCUT2D eigenvalue weighted by Crippen LogP contribution is 2.39. The average molecular weight is 403 g/mol. The van der Waals surface area contributed by atoms with Crippen molar-refractivity contribution in [1.29, 1.82) is 0 Å². The van der Waals surface area contributed by atoms with E-state index in [4.69, 9.17) is 9.16 Å². The monoisotopic (exact) mass is 402 g/mol. The maximum atomic E-state index is 10.8. The summed E-state index contributed by atoms with van der Waals surface area (Å²) >= 11 is 0. The number of hydrogen-bond donors (Lipinski definition) is 3. The first-order chi connectivity index (χ1) is 13.3. The fourth-order valence-corrected chi connectivity index (χ4v) is 8.76. The van der Waals surface area contributed by atoms with Crippen molar-refractivity contribution in [3.05, 3.63) is 60.7 Å². The first-order valence-corrected chi connectivity index (χ1v) is 11.6. The summed E-state index contributed by atoms with van der Waals surface area (Å²) in [6, 6.07) is 20.4. The van der Waals surface area contributed by atoms with E-state index in [9.17, 15) is 15.3 Å². The van der Waals surface area contributed by atoms with Gasteiger partial charge in [-0.25, -0.2) is 0 Å². The topological polar surface area (TPSA) is 79.2 Å². The Morgan fingerprint density at radius 3 is 1.96 bits per heavy atom. The van der Waals surface area contributed by atoms with Crippen LogP contribution in [0.15, 0.2) is 60.7 Å². The third-order valence-corrected chi connectivity index (χ3v) is 10.5. The summed E-state index contributed by atoms with van der Waals surface area (Å²) in [4.78, 5) is 0. The molecule has 152 valence electrons. The van der Waals surface area contributed by atoms with E-state index in [0.29, 0.717) is 0 Å². The van der Waals surface area contributed by atoms with E-state index >= 15 is 0 Å². The summed E-state index contributed by atoms with van der Waals surface area (Å²) in [5.74, 6) is 0. The summed E-state index contributed by atoms with van der Waals surface area (Å²) < 4.78 is 12.4. The highest BCUT2D eigenvalue weighted by Gasteiger charge is 2.54. The third-order valence-electron chi connectivity index (χ3n) is 5.48. The molecule has 1 aliphatic heterocycles. The van der Waals surface area contributed by atoms with Crippen LogP contribution in [0.25, 0.3) is 0 Å². The largest absolute Gasteiger partial charge is 0.399 e. The lowest BCUT2D eigenvalue weighted by atomic mass is 10.1. The molecule has 1 heterocycles. The fraction of sp³-hybridized carbons (Fsp3) is 0.455. The molecule has 5 nitrogen and oxygen atoms in total. The Balaban J connectivity index is 2.07. The van der Waals surface area contributed by atoms with Crippen LogP contribution in [-0.2, 0) is 9.16 Å². The van der Waals surface area contributed by atoms with Crippen molar-refractivity contribution in [2.75, 3.05) is 13.2 Å². The molecule has 0 saturated carbocycles. The molecule has 1 fully saturated rings. The maximum Gasteiger partial charge on any atom is 0.261 e. The standard InChI is InChI=1S/C22H30O5Si/c1-22(2,3)28(16-10-6-4-7-11-16,17-12-8-5-9-13-17)27-19-15-26-21(20(19)25)18(24)14-23/h4-13,18-21,23-25H,14-15H2,1-3H3/t18-,19+,20-,21-/m1/s1. The average Bonchev–Trinajstić information content (AvgIpc) is 3.06. The van der Waals surface area contributed by atoms with Crippen molar-refractivity contribution < 1.29 is 24.5 Å². The molecule has 0 unspecified atom stereocenters. The summed E-state index contributed by atoms with van der Waals surface area (Å²) in [6.07, 6.45) is -3.59. The van der Waals surface area contributed by atoms with Gasteiger partial charge in [-0.15, -0.1) is 0 Å². The number of ether oxygens (including phenoxy) is 1. The molecule has 6 heteroatoms. The van der Waals surface area contributed by atoms with Gasteiger partial charge in [0.15, 0.2) is 0 Å². The molecule has 1 saturated heterocycles. The summed E-state index contributed by atoms with van der Waals surface area (Å²) in [5.41, 5.74) is 0. The minimum Gasteiger partial charge on any atom is -0.399 e. The number of aliphatic hydroxyl groups is 3. The second kappa shape index (κ2) is 8.45. The normalized spacial score (nSPS) is 24.3. The van der Waals surface area contributed by atoms with Crippen molar-refractivity contribution in [1.82, 2.24) is 0 Å². The van der Waals surface area contributed by atoms with Gasteiger partial charge in [0.1, 0.15) is 18.3 Å². The van der Waals surface area contributed by atoms with Gasteiger partial charge in [0.25, 0.3) is 8.32 Å². The van der Waals surface area contributed by atoms with Crippen molar-refractivity contribution in [3.8, 4) is 0 Å². The van der Waals surface area contributed by atoms with Gasteiger partial charge in [-0.3, -0.25) is 0 Å². The van der Waals surface area contributed by atoms with Gasteiger partial charge in [-0.2, -0.15) is 0 Å². The molecular weight excluding hydrogens is 372 g/mol. The Morgan fingerprint density at radius 2 is 1.54 bits per heavy atom. The molecule has 2 aromatic rings. The Bertz CT molecular complexity index is 707. The number of aliphatic hydroxyl groups excluding tert-OH is 3. The molecule has 3 rings (SSSR count). The van der Waals surface area contributed by atoms with E-state index in [1.165, 1.54) is 0 Å². The van der Waals surface area contributed by atoms with Gasteiger partial charge >= 0.3 is 0 Å². The zero-order chi connectivity index (χ0) is 20.4. The van der Waals surface area contributed by atoms with Crippen LogP contribution >= 0.6 is 0 Å². The number of rotatable bonds is 6. The first kappa shape index (κ1) is 21.2. The molecule has 2 aromatic carbocycles. The molecular formula is C22H30O5Si. The lowest BCUT2D eigenvalue weighted by Gasteiger charge is -2.45. The van der Waals surface area contributed by atoms with Crippen LogP contribution in [-0.4, -0.2) is 61.3 Å². The highest BCUT2D eigenvalue weighted by molar-refractivity contribution is 6.99. The van der Waals surface area contributed by atoms with Crippen molar-refractivity contribution in [3.63, 3.8) is 0 Å². The lowest BCUT2D eigenvalue weighted by molar-refractivity contribution is -0.0679. The molecule has 1 aliphatic rings. The van der Waals surface area contributed by atoms with Crippen LogP contribution in [0.4, 0.5) is 0 Å². The SMILES string of the molecule is CC(C)(C)[Si](O[C@H]1CO[C@H]([C@H](O)CO)[C@@H]1O)(c1ccccc1)c1ccccc1. The molecule has 0 amide bonds. The predicted molar refractivity (Wildman–Crippen MR) is 111 cm³/mol. The molecule has 0 spiro atoms. The zero-order valence-corrected chi connectivity index (χ0v) is 17.7. The second-order valence-corrected chi connectivity index (χ2v) is 12.6. The van der Waals surface area contributed by atoms with E-state index < -0.39 is 39.3 Å².